The highest BCUT2D eigenvalue weighted by atomic mass is 32.2. The zero-order chi connectivity index (χ0) is 28.7. The number of aliphatic hydroxyl groups is 1. The molecule has 0 fully saturated rings. The number of aromatic amines is 1. The molecule has 2 aromatic heterocycles. The minimum Gasteiger partial charge on any atom is -0.497 e. The fourth-order valence-corrected chi connectivity index (χ4v) is 4.72. The van der Waals surface area contributed by atoms with Crippen molar-refractivity contribution in [3.05, 3.63) is 71.1 Å². The Morgan fingerprint density at radius 2 is 1.68 bits per heavy atom. The average molecular weight is 571 g/mol. The lowest BCUT2D eigenvalue weighted by atomic mass is 10.2. The van der Waals surface area contributed by atoms with E-state index in [1.807, 2.05) is 0 Å². The normalized spacial score (nSPS) is 11.0. The summed E-state index contributed by atoms with van der Waals surface area (Å²) < 4.78 is 57.3. The van der Waals surface area contributed by atoms with Crippen LogP contribution < -0.4 is 34.0 Å². The molecule has 0 saturated carbocycles. The molecule has 0 aliphatic rings. The van der Waals surface area contributed by atoms with Crippen LogP contribution in [-0.2, 0) is 10.0 Å². The maximum atomic E-state index is 13.7. The number of hydrogen-bond acceptors (Lipinski definition) is 11. The van der Waals surface area contributed by atoms with E-state index >= 15 is 0 Å². The van der Waals surface area contributed by atoms with Gasteiger partial charge in [-0.05, 0) is 30.3 Å². The first-order valence-corrected chi connectivity index (χ1v) is 13.2. The molecule has 0 saturated heterocycles. The molecular weight excluding hydrogens is 544 g/mol. The Labute approximate surface area is 229 Å². The van der Waals surface area contributed by atoms with Gasteiger partial charge in [0.1, 0.15) is 23.0 Å². The summed E-state index contributed by atoms with van der Waals surface area (Å²) in [4.78, 5) is 23.0. The molecule has 2 aromatic carbocycles. The number of benzene rings is 2. The minimum atomic E-state index is -4.39. The molecule has 0 radical (unpaired) electrons. The van der Waals surface area contributed by atoms with Gasteiger partial charge in [0.25, 0.3) is 15.9 Å². The Kier molecular flexibility index (Phi) is 8.71. The zero-order valence-electron chi connectivity index (χ0n) is 21.7. The highest BCUT2D eigenvalue weighted by molar-refractivity contribution is 7.92. The molecule has 0 aliphatic heterocycles. The number of nitrogens with zero attached hydrogens (tertiary/aromatic N) is 2. The van der Waals surface area contributed by atoms with Crippen molar-refractivity contribution >= 4 is 15.8 Å². The van der Waals surface area contributed by atoms with E-state index in [0.29, 0.717) is 5.75 Å². The number of H-pyrrole nitrogens is 1. The molecule has 4 aromatic rings. The van der Waals surface area contributed by atoms with Crippen LogP contribution in [0.4, 0.5) is 5.82 Å². The molecule has 0 spiro atoms. The Balaban J connectivity index is 1.94. The van der Waals surface area contributed by atoms with Gasteiger partial charge in [-0.2, -0.15) is 4.98 Å². The van der Waals surface area contributed by atoms with Crippen molar-refractivity contribution in [2.45, 2.75) is 4.90 Å². The largest absolute Gasteiger partial charge is 0.497 e. The highest BCUT2D eigenvalue weighted by Crippen LogP contribution is 2.42. The molecule has 2 heterocycles. The lowest BCUT2D eigenvalue weighted by Gasteiger charge is -2.18. The van der Waals surface area contributed by atoms with Gasteiger partial charge in [-0.15, -0.1) is 0 Å². The van der Waals surface area contributed by atoms with Crippen LogP contribution in [0, 0.1) is 0 Å². The number of anilines is 1. The predicted octanol–water partition coefficient (Wildman–Crippen LogP) is 2.82. The van der Waals surface area contributed by atoms with Crippen LogP contribution in [0.15, 0.2) is 70.5 Å². The summed E-state index contributed by atoms with van der Waals surface area (Å²) in [5.41, 5.74) is -0.169. The number of aromatic nitrogens is 3. The van der Waals surface area contributed by atoms with Gasteiger partial charge in [-0.3, -0.25) is 9.52 Å². The first kappa shape index (κ1) is 28.2. The minimum absolute atomic E-state index is 0.0427. The summed E-state index contributed by atoms with van der Waals surface area (Å²) in [5.74, 6) is 0.0308. The van der Waals surface area contributed by atoms with E-state index < -0.39 is 15.6 Å². The number of pyridine rings is 1. The molecule has 0 atom stereocenters. The lowest BCUT2D eigenvalue weighted by molar-refractivity contribution is 0.192. The third kappa shape index (κ3) is 6.24. The van der Waals surface area contributed by atoms with E-state index in [0.717, 1.165) is 0 Å². The van der Waals surface area contributed by atoms with E-state index in [9.17, 15) is 18.3 Å². The smallest absolute Gasteiger partial charge is 0.266 e. The molecule has 13 nitrogen and oxygen atoms in total. The Hall–Kier alpha value is -4.82. The first-order chi connectivity index (χ1) is 19.3. The van der Waals surface area contributed by atoms with Gasteiger partial charge < -0.3 is 33.8 Å². The standard InChI is InChI=1S/C26H26N4O9S/c1-35-17-8-9-20(37-3)21(15-17)40(33,34)30-25-23(39-19-7-5-4-6-18(19)36-2)26(38-13-12-31)29-24(28-25)16-10-11-27-22(32)14-16/h4-11,14-15,31H,12-13H2,1-3H3,(H,27,32)(H,28,29,30). The molecule has 210 valence electrons. The van der Waals surface area contributed by atoms with Crippen LogP contribution in [0.1, 0.15) is 0 Å². The number of hydrogen-bond donors (Lipinski definition) is 3. The third-order valence-corrected chi connectivity index (χ3v) is 6.73. The number of rotatable bonds is 12. The highest BCUT2D eigenvalue weighted by Gasteiger charge is 2.27. The van der Waals surface area contributed by atoms with Crippen LogP contribution in [0.25, 0.3) is 11.4 Å². The van der Waals surface area contributed by atoms with E-state index in [1.54, 1.807) is 30.3 Å². The summed E-state index contributed by atoms with van der Waals surface area (Å²) in [5, 5.41) is 9.41. The fourth-order valence-electron chi connectivity index (χ4n) is 3.53. The van der Waals surface area contributed by atoms with Crippen LogP contribution in [0.5, 0.6) is 34.6 Å². The first-order valence-electron chi connectivity index (χ1n) is 11.7. The summed E-state index contributed by atoms with van der Waals surface area (Å²) in [6.07, 6.45) is 1.39. The molecule has 0 amide bonds. The predicted molar refractivity (Wildman–Crippen MR) is 144 cm³/mol. The van der Waals surface area contributed by atoms with Crippen LogP contribution in [-0.4, -0.2) is 63.0 Å². The molecule has 0 bridgehead atoms. The quantitative estimate of drug-likeness (QED) is 0.229. The maximum absolute atomic E-state index is 13.7. The molecule has 0 aliphatic carbocycles. The molecular formula is C26H26N4O9S. The van der Waals surface area contributed by atoms with Crippen molar-refractivity contribution in [1.82, 2.24) is 15.0 Å². The molecule has 4 rings (SSSR count). The van der Waals surface area contributed by atoms with Crippen molar-refractivity contribution in [3.8, 4) is 46.0 Å². The Morgan fingerprint density at radius 3 is 2.35 bits per heavy atom. The monoisotopic (exact) mass is 570 g/mol. The van der Waals surface area contributed by atoms with Gasteiger partial charge >= 0.3 is 0 Å². The molecule has 0 unspecified atom stereocenters. The lowest BCUT2D eigenvalue weighted by Crippen LogP contribution is -2.17. The van der Waals surface area contributed by atoms with Crippen LogP contribution in [0.2, 0.25) is 0 Å². The fraction of sp³-hybridized carbons (Fsp3) is 0.192. The zero-order valence-corrected chi connectivity index (χ0v) is 22.5. The summed E-state index contributed by atoms with van der Waals surface area (Å²) in [6.45, 7) is -0.579. The number of methoxy groups -OCH3 is 3. The summed E-state index contributed by atoms with van der Waals surface area (Å²) in [6, 6.07) is 13.7. The van der Waals surface area contributed by atoms with Crippen molar-refractivity contribution < 1.29 is 37.2 Å². The van der Waals surface area contributed by atoms with Crippen LogP contribution in [0.3, 0.4) is 0 Å². The second-order valence-corrected chi connectivity index (χ2v) is 9.57. The summed E-state index contributed by atoms with van der Waals surface area (Å²) >= 11 is 0. The van der Waals surface area contributed by atoms with Gasteiger partial charge in [0.2, 0.25) is 11.3 Å². The number of aliphatic hydroxyl groups excluding tert-OH is 1. The maximum Gasteiger partial charge on any atom is 0.266 e. The Bertz CT molecular complexity index is 1660. The van der Waals surface area contributed by atoms with Gasteiger partial charge in [-0.25, -0.2) is 13.4 Å². The van der Waals surface area contributed by atoms with Crippen LogP contribution >= 0.6 is 0 Å². The Morgan fingerprint density at radius 1 is 0.925 bits per heavy atom. The van der Waals surface area contributed by atoms with E-state index in [-0.39, 0.29) is 64.2 Å². The van der Waals surface area contributed by atoms with E-state index in [1.165, 1.54) is 51.8 Å². The van der Waals surface area contributed by atoms with Gasteiger partial charge in [0.05, 0.1) is 27.9 Å². The number of nitrogens with one attached hydrogen (secondary N) is 2. The number of ether oxygens (including phenoxy) is 5. The van der Waals surface area contributed by atoms with E-state index in [4.69, 9.17) is 23.7 Å². The SMILES string of the molecule is COc1ccc(OC)c(S(=O)(=O)Nc2nc(-c3cc[nH]c(=O)c3)nc(OCCO)c2Oc2ccccc2OC)c1. The van der Waals surface area contributed by atoms with Gasteiger partial charge in [0.15, 0.2) is 23.1 Å². The molecule has 3 N–H and O–H groups in total. The number of para-hydroxylation sites is 2. The number of sulfonamides is 1. The van der Waals surface area contributed by atoms with Gasteiger partial charge in [0, 0.05) is 23.9 Å². The second-order valence-electron chi connectivity index (χ2n) is 7.92. The van der Waals surface area contributed by atoms with Crippen molar-refractivity contribution in [3.63, 3.8) is 0 Å². The molecule has 40 heavy (non-hydrogen) atoms. The summed E-state index contributed by atoms with van der Waals surface area (Å²) in [7, 11) is -0.228. The topological polar surface area (TPSA) is 171 Å². The third-order valence-electron chi connectivity index (χ3n) is 5.37. The van der Waals surface area contributed by atoms with Crippen molar-refractivity contribution in [2.75, 3.05) is 39.3 Å². The second kappa shape index (κ2) is 12.4. The van der Waals surface area contributed by atoms with Crippen molar-refractivity contribution in [2.24, 2.45) is 0 Å². The van der Waals surface area contributed by atoms with Gasteiger partial charge in [-0.1, -0.05) is 12.1 Å². The average Bonchev–Trinajstić information content (AvgIpc) is 2.96. The van der Waals surface area contributed by atoms with E-state index in [2.05, 4.69) is 19.7 Å². The molecule has 14 heteroatoms. The van der Waals surface area contributed by atoms with Crippen molar-refractivity contribution in [1.29, 1.82) is 0 Å².